The molecule has 176 valence electrons. The summed E-state index contributed by atoms with van der Waals surface area (Å²) in [6, 6.07) is 0. The summed E-state index contributed by atoms with van der Waals surface area (Å²) in [6.45, 7) is 8.33. The molecule has 0 aromatic heterocycles. The monoisotopic (exact) mass is 458 g/mol. The highest BCUT2D eigenvalue weighted by Gasteiger charge is 2.30. The van der Waals surface area contributed by atoms with E-state index < -0.39 is 11.4 Å². The SMILES string of the molecule is CC(C)(CO)CCCC1CCC(CCCC2CCC(CCCC(C)(C)C(=O)O)S2)S1. The molecule has 30 heavy (non-hydrogen) atoms. The fourth-order valence-corrected chi connectivity index (χ4v) is 8.14. The average Bonchev–Trinajstić information content (AvgIpc) is 3.31. The Morgan fingerprint density at radius 2 is 1.17 bits per heavy atom. The third kappa shape index (κ3) is 9.32. The van der Waals surface area contributed by atoms with E-state index in [0.717, 1.165) is 40.3 Å². The summed E-state index contributed by atoms with van der Waals surface area (Å²) >= 11 is 4.44. The van der Waals surface area contributed by atoms with Gasteiger partial charge in [0.25, 0.3) is 0 Å². The summed E-state index contributed by atoms with van der Waals surface area (Å²) in [5.74, 6) is -0.666. The number of carboxylic acids is 1. The van der Waals surface area contributed by atoms with Gasteiger partial charge in [0, 0.05) is 27.6 Å². The lowest BCUT2D eigenvalue weighted by Crippen LogP contribution is -2.23. The highest BCUT2D eigenvalue weighted by atomic mass is 32.2. The van der Waals surface area contributed by atoms with Crippen LogP contribution in [0, 0.1) is 10.8 Å². The van der Waals surface area contributed by atoms with E-state index in [2.05, 4.69) is 37.4 Å². The van der Waals surface area contributed by atoms with E-state index in [1.165, 1.54) is 64.2 Å². The van der Waals surface area contributed by atoms with Crippen LogP contribution < -0.4 is 0 Å². The molecule has 2 fully saturated rings. The summed E-state index contributed by atoms with van der Waals surface area (Å²) in [4.78, 5) is 11.2. The third-order valence-corrected chi connectivity index (χ3v) is 10.6. The number of aliphatic hydroxyl groups excluding tert-OH is 1. The zero-order valence-electron chi connectivity index (χ0n) is 19.8. The van der Waals surface area contributed by atoms with Crippen molar-refractivity contribution < 1.29 is 15.0 Å². The Morgan fingerprint density at radius 1 is 0.767 bits per heavy atom. The van der Waals surface area contributed by atoms with Gasteiger partial charge in [0.05, 0.1) is 5.41 Å². The molecule has 2 aliphatic rings. The summed E-state index contributed by atoms with van der Waals surface area (Å²) in [7, 11) is 0. The van der Waals surface area contributed by atoms with Gasteiger partial charge in [0.1, 0.15) is 0 Å². The molecule has 4 atom stereocenters. The Bertz CT molecular complexity index is 521. The van der Waals surface area contributed by atoms with Crippen LogP contribution in [0.3, 0.4) is 0 Å². The van der Waals surface area contributed by atoms with Crippen molar-refractivity contribution in [2.45, 2.75) is 132 Å². The molecule has 5 heteroatoms. The van der Waals surface area contributed by atoms with Gasteiger partial charge in [-0.3, -0.25) is 4.79 Å². The molecule has 0 aromatic carbocycles. The fraction of sp³-hybridized carbons (Fsp3) is 0.960. The summed E-state index contributed by atoms with van der Waals surface area (Å²) in [5, 5.41) is 22.0. The number of hydrogen-bond acceptors (Lipinski definition) is 4. The van der Waals surface area contributed by atoms with Gasteiger partial charge < -0.3 is 10.2 Å². The molecule has 2 aliphatic heterocycles. The van der Waals surface area contributed by atoms with E-state index in [-0.39, 0.29) is 5.41 Å². The van der Waals surface area contributed by atoms with Gasteiger partial charge in [-0.15, -0.1) is 0 Å². The lowest BCUT2D eigenvalue weighted by molar-refractivity contribution is -0.147. The molecule has 4 unspecified atom stereocenters. The summed E-state index contributed by atoms with van der Waals surface area (Å²) < 4.78 is 0. The standard InChI is InChI=1S/C25H46O3S2/c1-24(2,18-26)16-6-10-21-14-12-19(29-21)8-5-9-20-13-15-22(30-20)11-7-17-25(3,4)23(27)28/h19-22,26H,5-18H2,1-4H3,(H,27,28). The molecule has 2 saturated heterocycles. The van der Waals surface area contributed by atoms with Crippen LogP contribution in [0.15, 0.2) is 0 Å². The minimum absolute atomic E-state index is 0.0892. The molecule has 3 nitrogen and oxygen atoms in total. The minimum atomic E-state index is -0.666. The van der Waals surface area contributed by atoms with Crippen LogP contribution in [-0.4, -0.2) is 43.8 Å². The highest BCUT2D eigenvalue weighted by molar-refractivity contribution is 8.01. The molecule has 2 N–H and O–H groups in total. The summed E-state index contributed by atoms with van der Waals surface area (Å²) in [5.41, 5.74) is -0.486. The largest absolute Gasteiger partial charge is 0.481 e. The van der Waals surface area contributed by atoms with Crippen molar-refractivity contribution in [1.82, 2.24) is 0 Å². The van der Waals surface area contributed by atoms with Crippen molar-refractivity contribution in [3.63, 3.8) is 0 Å². The number of carbonyl (C=O) groups is 1. The van der Waals surface area contributed by atoms with Gasteiger partial charge in [-0.25, -0.2) is 0 Å². The van der Waals surface area contributed by atoms with E-state index in [0.29, 0.717) is 6.61 Å². The number of thioether (sulfide) groups is 2. The van der Waals surface area contributed by atoms with Crippen molar-refractivity contribution >= 4 is 29.5 Å². The smallest absolute Gasteiger partial charge is 0.309 e. The number of rotatable bonds is 14. The molecule has 0 amide bonds. The Labute approximate surface area is 193 Å². The van der Waals surface area contributed by atoms with Crippen LogP contribution in [0.2, 0.25) is 0 Å². The first kappa shape index (κ1) is 26.4. The van der Waals surface area contributed by atoms with E-state index in [1.54, 1.807) is 0 Å². The molecular formula is C25H46O3S2. The van der Waals surface area contributed by atoms with Crippen LogP contribution in [0.1, 0.15) is 111 Å². The van der Waals surface area contributed by atoms with E-state index in [9.17, 15) is 15.0 Å². The van der Waals surface area contributed by atoms with Crippen LogP contribution in [-0.2, 0) is 4.79 Å². The second kappa shape index (κ2) is 12.4. The van der Waals surface area contributed by atoms with Gasteiger partial charge in [0.2, 0.25) is 0 Å². The predicted octanol–water partition coefficient (Wildman–Crippen LogP) is 7.16. The summed E-state index contributed by atoms with van der Waals surface area (Å²) in [6.07, 6.45) is 16.3. The zero-order valence-corrected chi connectivity index (χ0v) is 21.5. The van der Waals surface area contributed by atoms with Gasteiger partial charge in [-0.2, -0.15) is 23.5 Å². The van der Waals surface area contributed by atoms with Crippen LogP contribution in [0.5, 0.6) is 0 Å². The number of carboxylic acid groups (broad SMARTS) is 1. The van der Waals surface area contributed by atoms with Crippen LogP contribution in [0.25, 0.3) is 0 Å². The lowest BCUT2D eigenvalue weighted by atomic mass is 9.87. The maximum atomic E-state index is 11.2. The number of aliphatic carboxylic acids is 1. The fourth-order valence-electron chi connectivity index (χ4n) is 4.75. The molecule has 0 spiro atoms. The van der Waals surface area contributed by atoms with Gasteiger partial charge in [-0.1, -0.05) is 33.1 Å². The van der Waals surface area contributed by atoms with Gasteiger partial charge in [-0.05, 0) is 83.5 Å². The van der Waals surface area contributed by atoms with Crippen molar-refractivity contribution in [2.75, 3.05) is 6.61 Å². The van der Waals surface area contributed by atoms with Crippen molar-refractivity contribution in [1.29, 1.82) is 0 Å². The quantitative estimate of drug-likeness (QED) is 0.289. The number of aliphatic hydroxyl groups is 1. The maximum Gasteiger partial charge on any atom is 0.309 e. The Kier molecular flexibility index (Phi) is 10.9. The zero-order chi connectivity index (χ0) is 22.2. The molecular weight excluding hydrogens is 412 g/mol. The normalized spacial score (nSPS) is 27.6. The minimum Gasteiger partial charge on any atom is -0.481 e. The lowest BCUT2D eigenvalue weighted by Gasteiger charge is -2.22. The molecule has 0 bridgehead atoms. The van der Waals surface area contributed by atoms with E-state index >= 15 is 0 Å². The van der Waals surface area contributed by atoms with Gasteiger partial charge in [0.15, 0.2) is 0 Å². The van der Waals surface area contributed by atoms with Crippen LogP contribution in [0.4, 0.5) is 0 Å². The second-order valence-corrected chi connectivity index (χ2v) is 14.4. The first-order valence-corrected chi connectivity index (χ1v) is 14.1. The predicted molar refractivity (Wildman–Crippen MR) is 133 cm³/mol. The van der Waals surface area contributed by atoms with Crippen molar-refractivity contribution in [2.24, 2.45) is 10.8 Å². The molecule has 2 rings (SSSR count). The molecule has 2 heterocycles. The number of hydrogen-bond donors (Lipinski definition) is 2. The Hall–Kier alpha value is 0.130. The van der Waals surface area contributed by atoms with Crippen molar-refractivity contribution in [3.8, 4) is 0 Å². The Balaban J connectivity index is 1.52. The molecule has 0 aromatic rings. The van der Waals surface area contributed by atoms with Crippen LogP contribution >= 0.6 is 23.5 Å². The molecule has 0 saturated carbocycles. The van der Waals surface area contributed by atoms with E-state index in [1.807, 2.05) is 13.8 Å². The first-order valence-electron chi connectivity index (χ1n) is 12.3. The van der Waals surface area contributed by atoms with Gasteiger partial charge >= 0.3 is 5.97 Å². The topological polar surface area (TPSA) is 57.5 Å². The molecule has 0 radical (unpaired) electrons. The average molecular weight is 459 g/mol. The van der Waals surface area contributed by atoms with Crippen molar-refractivity contribution in [3.05, 3.63) is 0 Å². The first-order chi connectivity index (χ1) is 14.1. The van der Waals surface area contributed by atoms with E-state index in [4.69, 9.17) is 0 Å². The second-order valence-electron chi connectivity index (χ2n) is 11.1. The maximum absolute atomic E-state index is 11.2. The Morgan fingerprint density at radius 3 is 1.57 bits per heavy atom. The molecule has 0 aliphatic carbocycles. The highest BCUT2D eigenvalue weighted by Crippen LogP contribution is 2.42. The third-order valence-electron chi connectivity index (χ3n) is 7.16.